The Morgan fingerprint density at radius 2 is 1.89 bits per heavy atom. The van der Waals surface area contributed by atoms with Crippen molar-refractivity contribution < 1.29 is 16.8 Å². The first-order valence-electron chi connectivity index (χ1n) is 4.95. The minimum atomic E-state index is -3.67. The van der Waals surface area contributed by atoms with Crippen LogP contribution in [0.2, 0.25) is 0 Å². The molecule has 0 aliphatic carbocycles. The van der Waals surface area contributed by atoms with Gasteiger partial charge in [0.2, 0.25) is 0 Å². The fourth-order valence-electron chi connectivity index (χ4n) is 1.59. The number of amidine groups is 1. The molecule has 0 aliphatic heterocycles. The van der Waals surface area contributed by atoms with Crippen molar-refractivity contribution in [3.63, 3.8) is 0 Å². The first-order chi connectivity index (χ1) is 8.20. The summed E-state index contributed by atoms with van der Waals surface area (Å²) in [7, 11) is -5.31. The number of benzene rings is 1. The molecule has 6 nitrogen and oxygen atoms in total. The van der Waals surface area contributed by atoms with Crippen LogP contribution in [-0.4, -0.2) is 36.0 Å². The molecule has 2 N–H and O–H groups in total. The maximum atomic E-state index is 11.6. The molecule has 0 spiro atoms. The maximum absolute atomic E-state index is 11.6. The molecule has 0 aromatic heterocycles. The van der Waals surface area contributed by atoms with Crippen molar-refractivity contribution in [1.82, 2.24) is 5.32 Å². The van der Waals surface area contributed by atoms with Crippen molar-refractivity contribution in [2.45, 2.75) is 16.7 Å². The van der Waals surface area contributed by atoms with Crippen molar-refractivity contribution in [3.05, 3.63) is 23.3 Å². The Balaban J connectivity index is 3.87. The zero-order valence-electron chi connectivity index (χ0n) is 10.1. The van der Waals surface area contributed by atoms with Gasteiger partial charge in [-0.2, -0.15) is 0 Å². The Morgan fingerprint density at radius 1 is 1.33 bits per heavy atom. The van der Waals surface area contributed by atoms with Crippen molar-refractivity contribution in [2.24, 2.45) is 0 Å². The van der Waals surface area contributed by atoms with Crippen LogP contribution in [0.15, 0.2) is 21.9 Å². The number of aryl methyl sites for hydroxylation is 1. The molecule has 1 rings (SSSR count). The van der Waals surface area contributed by atoms with Crippen LogP contribution in [0.3, 0.4) is 0 Å². The smallest absolute Gasteiger partial charge is 0.176 e. The highest BCUT2D eigenvalue weighted by Gasteiger charge is 2.22. The zero-order chi connectivity index (χ0) is 14.1. The number of thiol groups is 1. The van der Waals surface area contributed by atoms with Crippen molar-refractivity contribution in [2.75, 3.05) is 13.3 Å². The van der Waals surface area contributed by atoms with Gasteiger partial charge in [-0.1, -0.05) is 6.07 Å². The summed E-state index contributed by atoms with van der Waals surface area (Å²) >= 11 is 0. The van der Waals surface area contributed by atoms with E-state index in [1.165, 1.54) is 19.2 Å². The van der Waals surface area contributed by atoms with Crippen molar-refractivity contribution in [3.8, 4) is 0 Å². The first kappa shape index (κ1) is 14.7. The maximum Gasteiger partial charge on any atom is 0.176 e. The third-order valence-corrected chi connectivity index (χ3v) is 4.55. The summed E-state index contributed by atoms with van der Waals surface area (Å²) in [5, 5.41) is 10.2. The van der Waals surface area contributed by atoms with Crippen LogP contribution in [0.4, 0.5) is 0 Å². The summed E-state index contributed by atoms with van der Waals surface area (Å²) in [4.78, 5) is -0.605. The van der Waals surface area contributed by atoms with Crippen LogP contribution in [-0.2, 0) is 20.5 Å². The molecular formula is C10H14N2O4S2. The molecule has 1 aromatic carbocycles. The Bertz CT molecular complexity index is 667. The van der Waals surface area contributed by atoms with Gasteiger partial charge in [-0.15, -0.1) is 0 Å². The van der Waals surface area contributed by atoms with Gasteiger partial charge in [0.1, 0.15) is 5.84 Å². The molecular weight excluding hydrogens is 276 g/mol. The second-order valence-electron chi connectivity index (χ2n) is 3.76. The number of hydrogen-bond acceptors (Lipinski definition) is 5. The van der Waals surface area contributed by atoms with Gasteiger partial charge >= 0.3 is 0 Å². The lowest BCUT2D eigenvalue weighted by atomic mass is 10.1. The summed E-state index contributed by atoms with van der Waals surface area (Å²) in [6.45, 7) is 1.62. The lowest BCUT2D eigenvalue weighted by Gasteiger charge is -2.12. The van der Waals surface area contributed by atoms with Crippen LogP contribution >= 0.6 is 0 Å². The van der Waals surface area contributed by atoms with Crippen LogP contribution in [0.5, 0.6) is 0 Å². The molecule has 100 valence electrons. The molecule has 0 saturated carbocycles. The lowest BCUT2D eigenvalue weighted by molar-refractivity contribution is 0.593. The van der Waals surface area contributed by atoms with E-state index < -0.39 is 20.5 Å². The van der Waals surface area contributed by atoms with E-state index in [0.29, 0.717) is 5.56 Å². The molecule has 0 amide bonds. The monoisotopic (exact) mass is 290 g/mol. The van der Waals surface area contributed by atoms with E-state index in [1.807, 2.05) is 0 Å². The second kappa shape index (κ2) is 5.07. The molecule has 0 saturated heterocycles. The number of hydrogen-bond donors (Lipinski definition) is 3. The van der Waals surface area contributed by atoms with Crippen LogP contribution in [0.25, 0.3) is 0 Å². The Labute approximate surface area is 107 Å². The molecule has 18 heavy (non-hydrogen) atoms. The van der Waals surface area contributed by atoms with E-state index >= 15 is 0 Å². The van der Waals surface area contributed by atoms with Gasteiger partial charge in [0.15, 0.2) is 20.5 Å². The quantitative estimate of drug-likeness (QED) is 0.410. The summed E-state index contributed by atoms with van der Waals surface area (Å²) in [6.07, 6.45) is 0.937. The molecule has 8 heteroatoms. The fraction of sp³-hybridized carbons (Fsp3) is 0.300. The third kappa shape index (κ3) is 2.70. The molecule has 0 unspecified atom stereocenters. The van der Waals surface area contributed by atoms with E-state index in [9.17, 15) is 16.8 Å². The highest BCUT2D eigenvalue weighted by atomic mass is 32.2. The fourth-order valence-corrected chi connectivity index (χ4v) is 3.81. The molecule has 0 atom stereocenters. The third-order valence-electron chi connectivity index (χ3n) is 2.43. The van der Waals surface area contributed by atoms with E-state index in [4.69, 9.17) is 5.41 Å². The van der Waals surface area contributed by atoms with Crippen molar-refractivity contribution in [1.29, 1.82) is 5.41 Å². The number of nitrogens with one attached hydrogen (secondary N) is 2. The molecule has 1 aromatic rings. The van der Waals surface area contributed by atoms with E-state index in [-0.39, 0.29) is 21.2 Å². The van der Waals surface area contributed by atoms with Gasteiger partial charge in [-0.3, -0.25) is 5.41 Å². The van der Waals surface area contributed by atoms with Crippen LogP contribution in [0.1, 0.15) is 11.1 Å². The zero-order valence-corrected chi connectivity index (χ0v) is 11.9. The minimum Gasteiger partial charge on any atom is -0.373 e. The number of rotatable bonds is 3. The van der Waals surface area contributed by atoms with E-state index in [1.54, 1.807) is 6.92 Å². The second-order valence-corrected chi connectivity index (χ2v) is 6.70. The predicted molar refractivity (Wildman–Crippen MR) is 68.8 cm³/mol. The Morgan fingerprint density at radius 3 is 2.28 bits per heavy atom. The molecule has 0 bridgehead atoms. The Hall–Kier alpha value is -1.41. The lowest BCUT2D eigenvalue weighted by Crippen LogP contribution is -2.22. The summed E-state index contributed by atoms with van der Waals surface area (Å²) in [6, 6.07) is 2.73. The first-order valence-corrected chi connectivity index (χ1v) is 8.01. The molecule has 0 fully saturated rings. The van der Waals surface area contributed by atoms with Gasteiger partial charge in [-0.25, -0.2) is 16.8 Å². The summed E-state index contributed by atoms with van der Waals surface area (Å²) in [5.41, 5.74) is 0.618. The molecule has 0 heterocycles. The van der Waals surface area contributed by atoms with Crippen molar-refractivity contribution >= 4 is 26.4 Å². The topological polar surface area (TPSA) is 104 Å². The van der Waals surface area contributed by atoms with Gasteiger partial charge in [-0.05, 0) is 18.6 Å². The van der Waals surface area contributed by atoms with Gasteiger partial charge < -0.3 is 5.32 Å². The van der Waals surface area contributed by atoms with Gasteiger partial charge in [0.05, 0.1) is 9.79 Å². The average molecular weight is 290 g/mol. The van der Waals surface area contributed by atoms with Crippen LogP contribution in [0, 0.1) is 12.3 Å². The Kier molecular flexibility index (Phi) is 4.12. The molecule has 0 aliphatic rings. The van der Waals surface area contributed by atoms with Gasteiger partial charge in [0, 0.05) is 18.9 Å². The van der Waals surface area contributed by atoms with Gasteiger partial charge in [0.25, 0.3) is 0 Å². The summed E-state index contributed by atoms with van der Waals surface area (Å²) in [5.74, 6) is -0.132. The normalized spacial score (nSPS) is 11.6. The van der Waals surface area contributed by atoms with E-state index in [0.717, 1.165) is 6.26 Å². The largest absolute Gasteiger partial charge is 0.373 e. The highest BCUT2D eigenvalue weighted by molar-refractivity contribution is 7.91. The molecule has 0 radical (unpaired) electrons. The van der Waals surface area contributed by atoms with Crippen LogP contribution < -0.4 is 5.32 Å². The number of sulfone groups is 1. The SMILES string of the molecule is CNC(=N)c1c(C)ccc(S(C)(=O)=O)c1[SH](=O)=O. The standard InChI is InChI=1S/C10H14N2O4S2/c1-6-4-5-7(18(3,15)16)9(17(13)14)8(6)10(11)12-2/h4-5,17H,1-3H3,(H2,11,12). The highest BCUT2D eigenvalue weighted by Crippen LogP contribution is 2.24. The van der Waals surface area contributed by atoms with E-state index in [2.05, 4.69) is 5.32 Å². The predicted octanol–water partition coefficient (Wildman–Crippen LogP) is -0.0864. The summed E-state index contributed by atoms with van der Waals surface area (Å²) < 4.78 is 45.8. The minimum absolute atomic E-state index is 0.0940. The average Bonchev–Trinajstić information content (AvgIpc) is 2.25.